The van der Waals surface area contributed by atoms with E-state index in [-0.39, 0.29) is 0 Å². The third-order valence-electron chi connectivity index (χ3n) is 1.68. The fourth-order valence-electron chi connectivity index (χ4n) is 1.04. The van der Waals surface area contributed by atoms with Gasteiger partial charge in [0.2, 0.25) is 0 Å². The topological polar surface area (TPSA) is 0 Å². The predicted molar refractivity (Wildman–Crippen MR) is 50.1 cm³/mol. The summed E-state index contributed by atoms with van der Waals surface area (Å²) < 4.78 is 0. The Kier molecular flexibility index (Phi) is 2.91. The van der Waals surface area contributed by atoms with Crippen LogP contribution in [-0.2, 0) is 0 Å². The van der Waals surface area contributed by atoms with E-state index in [2.05, 4.69) is 44.2 Å². The standard InChI is InChI=1S/C11H13/c1-3-7-10(2)11-8-5-4-6-9-11/h4-9H,1,3H2,2H3. The number of benzene rings is 1. The van der Waals surface area contributed by atoms with Crippen LogP contribution in [0.1, 0.15) is 18.9 Å². The Bertz CT molecular complexity index is 231. The zero-order valence-corrected chi connectivity index (χ0v) is 6.88. The molecule has 0 amide bonds. The Morgan fingerprint density at radius 1 is 1.36 bits per heavy atom. The zero-order chi connectivity index (χ0) is 8.10. The Labute approximate surface area is 68.6 Å². The lowest BCUT2D eigenvalue weighted by atomic mass is 10.1. The molecule has 0 heteroatoms. The highest BCUT2D eigenvalue weighted by Crippen LogP contribution is 2.12. The monoisotopic (exact) mass is 145 g/mol. The minimum Gasteiger partial charge on any atom is -0.0810 e. The van der Waals surface area contributed by atoms with Crippen LogP contribution in [0.15, 0.2) is 36.4 Å². The minimum atomic E-state index is 0.862. The van der Waals surface area contributed by atoms with E-state index in [1.807, 2.05) is 6.07 Å². The lowest BCUT2D eigenvalue weighted by Crippen LogP contribution is -1.76. The molecule has 1 aromatic rings. The summed E-state index contributed by atoms with van der Waals surface area (Å²) in [4.78, 5) is 0. The third-order valence-corrected chi connectivity index (χ3v) is 1.68. The smallest absolute Gasteiger partial charge is 0.0231 e. The lowest BCUT2D eigenvalue weighted by Gasteiger charge is -1.98. The lowest BCUT2D eigenvalue weighted by molar-refractivity contribution is 1.38. The molecule has 1 rings (SSSR count). The Hall–Kier alpha value is -1.04. The van der Waals surface area contributed by atoms with Crippen molar-refractivity contribution in [3.8, 4) is 0 Å². The Balaban J connectivity index is 2.85. The first-order valence-corrected chi connectivity index (χ1v) is 3.86. The second kappa shape index (κ2) is 3.97. The van der Waals surface area contributed by atoms with Crippen LogP contribution in [0.2, 0.25) is 0 Å². The van der Waals surface area contributed by atoms with Gasteiger partial charge in [-0.2, -0.15) is 0 Å². The number of hydrogen-bond donors (Lipinski definition) is 0. The SMILES string of the molecule is [CH2]CC=C(C)c1ccccc1. The van der Waals surface area contributed by atoms with Gasteiger partial charge in [0.25, 0.3) is 0 Å². The minimum absolute atomic E-state index is 0.862. The van der Waals surface area contributed by atoms with E-state index >= 15 is 0 Å². The number of hydrogen-bond acceptors (Lipinski definition) is 0. The Morgan fingerprint density at radius 2 is 2.00 bits per heavy atom. The molecule has 0 aromatic heterocycles. The summed E-state index contributed by atoms with van der Waals surface area (Å²) in [5, 5.41) is 0. The third kappa shape index (κ3) is 2.23. The molecular weight excluding hydrogens is 132 g/mol. The van der Waals surface area contributed by atoms with E-state index in [0.29, 0.717) is 0 Å². The van der Waals surface area contributed by atoms with Crippen LogP contribution < -0.4 is 0 Å². The average molecular weight is 145 g/mol. The molecule has 0 heterocycles. The molecule has 57 valence electrons. The zero-order valence-electron chi connectivity index (χ0n) is 6.88. The largest absolute Gasteiger partial charge is 0.0810 e. The molecule has 1 radical (unpaired) electrons. The molecule has 0 atom stereocenters. The van der Waals surface area contributed by atoms with E-state index in [0.717, 1.165) is 6.42 Å². The quantitative estimate of drug-likeness (QED) is 0.599. The maximum Gasteiger partial charge on any atom is -0.0231 e. The summed E-state index contributed by atoms with van der Waals surface area (Å²) in [6.45, 7) is 5.89. The maximum atomic E-state index is 3.77. The van der Waals surface area contributed by atoms with Crippen molar-refractivity contribution < 1.29 is 0 Å². The molecule has 0 aliphatic heterocycles. The second-order valence-corrected chi connectivity index (χ2v) is 2.54. The van der Waals surface area contributed by atoms with Crippen molar-refractivity contribution in [2.24, 2.45) is 0 Å². The summed E-state index contributed by atoms with van der Waals surface area (Å²) in [5.41, 5.74) is 2.59. The fraction of sp³-hybridized carbons (Fsp3) is 0.182. The van der Waals surface area contributed by atoms with Gasteiger partial charge in [-0.15, -0.1) is 0 Å². The van der Waals surface area contributed by atoms with Gasteiger partial charge in [-0.25, -0.2) is 0 Å². The van der Waals surface area contributed by atoms with E-state index in [4.69, 9.17) is 0 Å². The molecule has 11 heavy (non-hydrogen) atoms. The van der Waals surface area contributed by atoms with Gasteiger partial charge < -0.3 is 0 Å². The van der Waals surface area contributed by atoms with Gasteiger partial charge in [-0.05, 0) is 31.4 Å². The van der Waals surface area contributed by atoms with Crippen LogP contribution >= 0.6 is 0 Å². The van der Waals surface area contributed by atoms with Gasteiger partial charge in [-0.1, -0.05) is 36.4 Å². The molecule has 0 aliphatic rings. The molecule has 0 aliphatic carbocycles. The van der Waals surface area contributed by atoms with Gasteiger partial charge in [0.1, 0.15) is 0 Å². The summed E-state index contributed by atoms with van der Waals surface area (Å²) in [5.74, 6) is 0. The normalized spacial score (nSPS) is 11.6. The molecule has 0 saturated carbocycles. The number of rotatable bonds is 2. The average Bonchev–Trinajstić information content (AvgIpc) is 2.07. The highest BCUT2D eigenvalue weighted by atomic mass is 14.0. The summed E-state index contributed by atoms with van der Waals surface area (Å²) in [6.07, 6.45) is 3.00. The summed E-state index contributed by atoms with van der Waals surface area (Å²) in [7, 11) is 0. The highest BCUT2D eigenvalue weighted by Gasteiger charge is 1.90. The van der Waals surface area contributed by atoms with Crippen molar-refractivity contribution in [2.45, 2.75) is 13.3 Å². The molecule has 0 N–H and O–H groups in total. The van der Waals surface area contributed by atoms with Crippen LogP contribution in [0.3, 0.4) is 0 Å². The predicted octanol–water partition coefficient (Wildman–Crippen LogP) is 3.31. The van der Waals surface area contributed by atoms with Crippen molar-refractivity contribution in [3.05, 3.63) is 48.9 Å². The van der Waals surface area contributed by atoms with E-state index in [9.17, 15) is 0 Å². The molecule has 0 nitrogen and oxygen atoms in total. The van der Waals surface area contributed by atoms with Gasteiger partial charge in [0, 0.05) is 0 Å². The first kappa shape index (κ1) is 8.06. The second-order valence-electron chi connectivity index (χ2n) is 2.54. The van der Waals surface area contributed by atoms with Crippen molar-refractivity contribution in [1.29, 1.82) is 0 Å². The van der Waals surface area contributed by atoms with Crippen molar-refractivity contribution in [2.75, 3.05) is 0 Å². The van der Waals surface area contributed by atoms with Crippen LogP contribution in [-0.4, -0.2) is 0 Å². The molecule has 0 saturated heterocycles. The maximum absolute atomic E-state index is 3.77. The molecule has 0 fully saturated rings. The van der Waals surface area contributed by atoms with Crippen LogP contribution in [0, 0.1) is 6.92 Å². The van der Waals surface area contributed by atoms with Gasteiger partial charge in [-0.3, -0.25) is 0 Å². The molecular formula is C11H13. The Morgan fingerprint density at radius 3 is 2.55 bits per heavy atom. The molecule has 0 spiro atoms. The summed E-state index contributed by atoms with van der Waals surface area (Å²) in [6, 6.07) is 10.4. The fourth-order valence-corrected chi connectivity index (χ4v) is 1.04. The van der Waals surface area contributed by atoms with Crippen molar-refractivity contribution in [3.63, 3.8) is 0 Å². The number of allylic oxidation sites excluding steroid dienone is 2. The van der Waals surface area contributed by atoms with E-state index in [1.165, 1.54) is 11.1 Å². The van der Waals surface area contributed by atoms with E-state index in [1.54, 1.807) is 0 Å². The van der Waals surface area contributed by atoms with Crippen LogP contribution in [0.25, 0.3) is 5.57 Å². The van der Waals surface area contributed by atoms with Gasteiger partial charge >= 0.3 is 0 Å². The first-order valence-electron chi connectivity index (χ1n) is 3.86. The van der Waals surface area contributed by atoms with E-state index < -0.39 is 0 Å². The van der Waals surface area contributed by atoms with Crippen LogP contribution in [0.5, 0.6) is 0 Å². The molecule has 0 bridgehead atoms. The van der Waals surface area contributed by atoms with Crippen molar-refractivity contribution >= 4 is 5.57 Å². The van der Waals surface area contributed by atoms with Crippen molar-refractivity contribution in [1.82, 2.24) is 0 Å². The molecule has 0 unspecified atom stereocenters. The van der Waals surface area contributed by atoms with Gasteiger partial charge in [0.15, 0.2) is 0 Å². The highest BCUT2D eigenvalue weighted by molar-refractivity contribution is 5.63. The van der Waals surface area contributed by atoms with Gasteiger partial charge in [0.05, 0.1) is 0 Å². The first-order chi connectivity index (χ1) is 5.34. The summed E-state index contributed by atoms with van der Waals surface area (Å²) >= 11 is 0. The van der Waals surface area contributed by atoms with Crippen LogP contribution in [0.4, 0.5) is 0 Å². The molecule has 1 aromatic carbocycles.